The van der Waals surface area contributed by atoms with E-state index in [-0.39, 0.29) is 0 Å². The van der Waals surface area contributed by atoms with E-state index in [1.54, 1.807) is 11.3 Å². The number of hydrogen-bond donors (Lipinski definition) is 1. The average molecular weight is 254 g/mol. The van der Waals surface area contributed by atoms with Gasteiger partial charge in [-0.1, -0.05) is 39.5 Å². The summed E-state index contributed by atoms with van der Waals surface area (Å²) in [6.07, 6.45) is 9.70. The van der Waals surface area contributed by atoms with Crippen LogP contribution in [0.3, 0.4) is 0 Å². The summed E-state index contributed by atoms with van der Waals surface area (Å²) in [6.45, 7) is 6.78. The molecule has 0 aromatic carbocycles. The van der Waals surface area contributed by atoms with Gasteiger partial charge in [0.1, 0.15) is 5.01 Å². The van der Waals surface area contributed by atoms with Gasteiger partial charge in [-0.3, -0.25) is 0 Å². The molecule has 0 radical (unpaired) electrons. The van der Waals surface area contributed by atoms with Crippen molar-refractivity contribution in [3.63, 3.8) is 0 Å². The lowest BCUT2D eigenvalue weighted by atomic mass is 10.1. The second-order valence-corrected chi connectivity index (χ2v) is 5.67. The predicted molar refractivity (Wildman–Crippen MR) is 76.5 cm³/mol. The van der Waals surface area contributed by atoms with Gasteiger partial charge in [-0.05, 0) is 19.8 Å². The van der Waals surface area contributed by atoms with Gasteiger partial charge in [0, 0.05) is 17.6 Å². The van der Waals surface area contributed by atoms with E-state index in [2.05, 4.69) is 36.5 Å². The molecule has 0 aliphatic rings. The number of hydrogen-bond acceptors (Lipinski definition) is 3. The van der Waals surface area contributed by atoms with Gasteiger partial charge in [0.25, 0.3) is 0 Å². The summed E-state index contributed by atoms with van der Waals surface area (Å²) in [5.41, 5.74) is 0. The number of nitrogens with zero attached hydrogens (tertiary/aromatic N) is 1. The average Bonchev–Trinajstić information content (AvgIpc) is 2.85. The van der Waals surface area contributed by atoms with Crippen LogP contribution in [-0.2, 0) is 0 Å². The Morgan fingerprint density at radius 1 is 1.29 bits per heavy atom. The van der Waals surface area contributed by atoms with E-state index in [1.807, 2.05) is 6.20 Å². The summed E-state index contributed by atoms with van der Waals surface area (Å²) in [7, 11) is 0. The van der Waals surface area contributed by atoms with Crippen molar-refractivity contribution in [2.24, 2.45) is 0 Å². The van der Waals surface area contributed by atoms with Gasteiger partial charge >= 0.3 is 0 Å². The molecule has 3 heteroatoms. The maximum absolute atomic E-state index is 4.41. The third kappa shape index (κ3) is 5.64. The van der Waals surface area contributed by atoms with Gasteiger partial charge in [0.2, 0.25) is 0 Å². The predicted octanol–water partition coefficient (Wildman–Crippen LogP) is 4.54. The molecule has 1 rings (SSSR count). The smallest absolute Gasteiger partial charge is 0.109 e. The van der Waals surface area contributed by atoms with Crippen LogP contribution in [-0.4, -0.2) is 11.0 Å². The van der Waals surface area contributed by atoms with E-state index in [0.29, 0.717) is 12.1 Å². The molecule has 98 valence electrons. The number of thiazole rings is 1. The monoisotopic (exact) mass is 254 g/mol. The van der Waals surface area contributed by atoms with E-state index in [1.165, 1.54) is 37.1 Å². The molecule has 0 amide bonds. The minimum absolute atomic E-state index is 0.441. The topological polar surface area (TPSA) is 24.9 Å². The standard InChI is InChI=1S/C14H26N2S/c1-4-6-7-8-9-12(3)16-13(5-2)14-15-10-11-17-14/h10-13,16H,4-9H2,1-3H3. The van der Waals surface area contributed by atoms with Gasteiger partial charge in [-0.25, -0.2) is 4.98 Å². The van der Waals surface area contributed by atoms with E-state index in [9.17, 15) is 0 Å². The zero-order valence-electron chi connectivity index (χ0n) is 11.4. The van der Waals surface area contributed by atoms with Crippen molar-refractivity contribution in [1.82, 2.24) is 10.3 Å². The van der Waals surface area contributed by atoms with Crippen LogP contribution in [0.1, 0.15) is 70.3 Å². The highest BCUT2D eigenvalue weighted by molar-refractivity contribution is 7.09. The highest BCUT2D eigenvalue weighted by Gasteiger charge is 2.14. The van der Waals surface area contributed by atoms with Crippen molar-refractivity contribution in [2.75, 3.05) is 0 Å². The second-order valence-electron chi connectivity index (χ2n) is 4.75. The van der Waals surface area contributed by atoms with Crippen molar-refractivity contribution in [1.29, 1.82) is 0 Å². The lowest BCUT2D eigenvalue weighted by molar-refractivity contribution is 0.413. The molecule has 0 aliphatic carbocycles. The molecule has 0 saturated carbocycles. The first-order valence-electron chi connectivity index (χ1n) is 6.93. The molecule has 0 saturated heterocycles. The van der Waals surface area contributed by atoms with E-state index in [0.717, 1.165) is 6.42 Å². The van der Waals surface area contributed by atoms with E-state index >= 15 is 0 Å². The normalized spacial score (nSPS) is 14.8. The zero-order valence-corrected chi connectivity index (χ0v) is 12.2. The zero-order chi connectivity index (χ0) is 12.5. The van der Waals surface area contributed by atoms with Gasteiger partial charge < -0.3 is 5.32 Å². The maximum atomic E-state index is 4.41. The Morgan fingerprint density at radius 2 is 2.12 bits per heavy atom. The summed E-state index contributed by atoms with van der Waals surface area (Å²) >= 11 is 1.76. The van der Waals surface area contributed by atoms with Crippen LogP contribution in [0.25, 0.3) is 0 Å². The van der Waals surface area contributed by atoms with Gasteiger partial charge in [-0.2, -0.15) is 0 Å². The quantitative estimate of drug-likeness (QED) is 0.654. The van der Waals surface area contributed by atoms with Crippen LogP contribution in [0.5, 0.6) is 0 Å². The van der Waals surface area contributed by atoms with Crippen molar-refractivity contribution in [3.05, 3.63) is 16.6 Å². The first kappa shape index (κ1) is 14.7. The van der Waals surface area contributed by atoms with Crippen molar-refractivity contribution in [3.8, 4) is 0 Å². The molecule has 17 heavy (non-hydrogen) atoms. The summed E-state index contributed by atoms with van der Waals surface area (Å²) in [4.78, 5) is 4.41. The Hall–Kier alpha value is -0.410. The minimum Gasteiger partial charge on any atom is -0.305 e. The number of unbranched alkanes of at least 4 members (excludes halogenated alkanes) is 3. The highest BCUT2D eigenvalue weighted by Crippen LogP contribution is 2.20. The molecule has 0 spiro atoms. The van der Waals surface area contributed by atoms with Crippen LogP contribution < -0.4 is 5.32 Å². The Bertz CT molecular complexity index is 272. The SMILES string of the molecule is CCCCCCC(C)NC(CC)c1nccs1. The van der Waals surface area contributed by atoms with Gasteiger partial charge in [-0.15, -0.1) is 11.3 Å². The molecule has 0 fully saturated rings. The summed E-state index contributed by atoms with van der Waals surface area (Å²) < 4.78 is 0. The molecule has 0 aliphatic heterocycles. The van der Waals surface area contributed by atoms with E-state index < -0.39 is 0 Å². The van der Waals surface area contributed by atoms with Crippen LogP contribution in [0.15, 0.2) is 11.6 Å². The summed E-state index contributed by atoms with van der Waals surface area (Å²) in [5, 5.41) is 6.98. The van der Waals surface area contributed by atoms with Crippen molar-refractivity contribution >= 4 is 11.3 Å². The number of nitrogens with one attached hydrogen (secondary N) is 1. The summed E-state index contributed by atoms with van der Waals surface area (Å²) in [5.74, 6) is 0. The third-order valence-corrected chi connectivity index (χ3v) is 4.02. The highest BCUT2D eigenvalue weighted by atomic mass is 32.1. The Balaban J connectivity index is 2.26. The maximum Gasteiger partial charge on any atom is 0.109 e. The fourth-order valence-electron chi connectivity index (χ4n) is 2.07. The van der Waals surface area contributed by atoms with E-state index in [4.69, 9.17) is 0 Å². The van der Waals surface area contributed by atoms with Crippen LogP contribution >= 0.6 is 11.3 Å². The summed E-state index contributed by atoms with van der Waals surface area (Å²) in [6, 6.07) is 1.04. The van der Waals surface area contributed by atoms with Gasteiger partial charge in [0.05, 0.1) is 6.04 Å². The Kier molecular flexibility index (Phi) is 7.45. The lowest BCUT2D eigenvalue weighted by Gasteiger charge is -2.20. The van der Waals surface area contributed by atoms with Crippen molar-refractivity contribution in [2.45, 2.75) is 71.4 Å². The Labute approximate surface area is 110 Å². The molecule has 1 aromatic heterocycles. The van der Waals surface area contributed by atoms with Crippen LogP contribution in [0.4, 0.5) is 0 Å². The van der Waals surface area contributed by atoms with Gasteiger partial charge in [0.15, 0.2) is 0 Å². The fraction of sp³-hybridized carbons (Fsp3) is 0.786. The molecule has 2 unspecified atom stereocenters. The third-order valence-electron chi connectivity index (χ3n) is 3.13. The molecule has 1 N–H and O–H groups in total. The molecular formula is C14H26N2S. The Morgan fingerprint density at radius 3 is 2.71 bits per heavy atom. The second kappa shape index (κ2) is 8.65. The molecule has 2 nitrogen and oxygen atoms in total. The van der Waals surface area contributed by atoms with Crippen LogP contribution in [0.2, 0.25) is 0 Å². The molecule has 1 aromatic rings. The molecule has 1 heterocycles. The molecule has 0 bridgehead atoms. The number of rotatable bonds is 9. The van der Waals surface area contributed by atoms with Crippen LogP contribution in [0, 0.1) is 0 Å². The fourth-order valence-corrected chi connectivity index (χ4v) is 2.86. The largest absolute Gasteiger partial charge is 0.305 e. The minimum atomic E-state index is 0.441. The first-order chi connectivity index (χ1) is 8.27. The lowest BCUT2D eigenvalue weighted by Crippen LogP contribution is -2.30. The molecular weight excluding hydrogens is 228 g/mol. The molecule has 2 atom stereocenters. The first-order valence-corrected chi connectivity index (χ1v) is 7.81. The number of aromatic nitrogens is 1. The van der Waals surface area contributed by atoms with Crippen molar-refractivity contribution < 1.29 is 0 Å².